The minimum Gasteiger partial charge on any atom is -0.369 e. The van der Waals surface area contributed by atoms with Gasteiger partial charge in [0.2, 0.25) is 0 Å². The van der Waals surface area contributed by atoms with Crippen LogP contribution in [-0.2, 0) is 6.54 Å². The fraction of sp³-hybridized carbons (Fsp3) is 0.278. The monoisotopic (exact) mass is 350 g/mol. The quantitative estimate of drug-likeness (QED) is 0.732. The van der Waals surface area contributed by atoms with Crippen molar-refractivity contribution < 1.29 is 4.79 Å². The summed E-state index contributed by atoms with van der Waals surface area (Å²) in [5.74, 6) is 0.994. The zero-order valence-corrected chi connectivity index (χ0v) is 14.4. The Hall–Kier alpha value is -1.71. The molecule has 122 valence electrons. The number of rotatable bonds is 8. The second-order valence-corrected chi connectivity index (χ2v) is 5.84. The Bertz CT molecular complexity index is 596. The SMILES string of the molecule is O=C(NCc1ccccc1)c1ccc(N(CCCl)CCCl)cc1. The maximum Gasteiger partial charge on any atom is 0.251 e. The highest BCUT2D eigenvalue weighted by atomic mass is 35.5. The van der Waals surface area contributed by atoms with Gasteiger partial charge in [-0.3, -0.25) is 4.79 Å². The Morgan fingerprint density at radius 1 is 0.913 bits per heavy atom. The average molecular weight is 351 g/mol. The van der Waals surface area contributed by atoms with Crippen molar-refractivity contribution in [2.24, 2.45) is 0 Å². The van der Waals surface area contributed by atoms with Gasteiger partial charge in [-0.15, -0.1) is 23.2 Å². The zero-order chi connectivity index (χ0) is 16.5. The number of amides is 1. The lowest BCUT2D eigenvalue weighted by Gasteiger charge is -2.22. The molecule has 0 saturated heterocycles. The number of hydrogen-bond acceptors (Lipinski definition) is 2. The number of anilines is 1. The van der Waals surface area contributed by atoms with Crippen molar-refractivity contribution in [3.8, 4) is 0 Å². The largest absolute Gasteiger partial charge is 0.369 e. The van der Waals surface area contributed by atoms with Crippen molar-refractivity contribution in [1.82, 2.24) is 5.32 Å². The van der Waals surface area contributed by atoms with Crippen LogP contribution >= 0.6 is 23.2 Å². The van der Waals surface area contributed by atoms with Crippen LogP contribution in [0.3, 0.4) is 0 Å². The average Bonchev–Trinajstić information content (AvgIpc) is 2.60. The summed E-state index contributed by atoms with van der Waals surface area (Å²) in [5.41, 5.74) is 2.74. The Balaban J connectivity index is 1.96. The Labute approximate surface area is 147 Å². The molecule has 2 rings (SSSR count). The van der Waals surface area contributed by atoms with E-state index in [2.05, 4.69) is 10.2 Å². The Morgan fingerprint density at radius 2 is 1.52 bits per heavy atom. The van der Waals surface area contributed by atoms with E-state index in [0.717, 1.165) is 24.3 Å². The van der Waals surface area contributed by atoms with E-state index in [1.807, 2.05) is 54.6 Å². The van der Waals surface area contributed by atoms with Crippen LogP contribution in [0.1, 0.15) is 15.9 Å². The normalized spacial score (nSPS) is 10.3. The van der Waals surface area contributed by atoms with E-state index in [-0.39, 0.29) is 5.91 Å². The predicted octanol–water partition coefficient (Wildman–Crippen LogP) is 3.90. The highest BCUT2D eigenvalue weighted by molar-refractivity contribution is 6.18. The fourth-order valence-corrected chi connectivity index (χ4v) is 2.69. The molecule has 0 spiro atoms. The number of carbonyl (C=O) groups excluding carboxylic acids is 1. The maximum absolute atomic E-state index is 12.2. The first-order chi connectivity index (χ1) is 11.2. The van der Waals surface area contributed by atoms with Crippen molar-refractivity contribution in [2.75, 3.05) is 29.7 Å². The molecule has 0 unspecified atom stereocenters. The van der Waals surface area contributed by atoms with Gasteiger partial charge in [-0.2, -0.15) is 0 Å². The van der Waals surface area contributed by atoms with E-state index in [1.54, 1.807) is 0 Å². The van der Waals surface area contributed by atoms with Crippen LogP contribution in [-0.4, -0.2) is 30.8 Å². The van der Waals surface area contributed by atoms with Crippen LogP contribution in [0, 0.1) is 0 Å². The van der Waals surface area contributed by atoms with E-state index >= 15 is 0 Å². The summed E-state index contributed by atoms with van der Waals surface area (Å²) < 4.78 is 0. The lowest BCUT2D eigenvalue weighted by atomic mass is 10.1. The number of carbonyl (C=O) groups is 1. The van der Waals surface area contributed by atoms with Crippen molar-refractivity contribution >= 4 is 34.8 Å². The zero-order valence-electron chi connectivity index (χ0n) is 12.8. The van der Waals surface area contributed by atoms with Crippen LogP contribution in [0.4, 0.5) is 5.69 Å². The highest BCUT2D eigenvalue weighted by Gasteiger charge is 2.08. The fourth-order valence-electron chi connectivity index (χ4n) is 2.28. The topological polar surface area (TPSA) is 32.3 Å². The molecule has 1 N–H and O–H groups in total. The first-order valence-corrected chi connectivity index (χ1v) is 8.60. The van der Waals surface area contributed by atoms with E-state index in [9.17, 15) is 4.79 Å². The lowest BCUT2D eigenvalue weighted by molar-refractivity contribution is 0.0951. The summed E-state index contributed by atoms with van der Waals surface area (Å²) in [6.45, 7) is 1.98. The summed E-state index contributed by atoms with van der Waals surface area (Å²) in [7, 11) is 0. The molecule has 0 aliphatic heterocycles. The minimum absolute atomic E-state index is 0.0818. The lowest BCUT2D eigenvalue weighted by Crippen LogP contribution is -2.27. The van der Waals surface area contributed by atoms with Gasteiger partial charge in [0.15, 0.2) is 0 Å². The molecule has 23 heavy (non-hydrogen) atoms. The second-order valence-electron chi connectivity index (χ2n) is 5.08. The summed E-state index contributed by atoms with van der Waals surface area (Å²) in [4.78, 5) is 14.3. The van der Waals surface area contributed by atoms with E-state index in [4.69, 9.17) is 23.2 Å². The van der Waals surface area contributed by atoms with Gasteiger partial charge in [0.25, 0.3) is 5.91 Å². The molecule has 0 aliphatic rings. The van der Waals surface area contributed by atoms with Gasteiger partial charge in [-0.25, -0.2) is 0 Å². The number of alkyl halides is 2. The van der Waals surface area contributed by atoms with Crippen molar-refractivity contribution in [3.05, 3.63) is 65.7 Å². The number of hydrogen-bond donors (Lipinski definition) is 1. The highest BCUT2D eigenvalue weighted by Crippen LogP contribution is 2.15. The molecule has 0 radical (unpaired) electrons. The standard InChI is InChI=1S/C18H20Cl2N2O/c19-10-12-22(13-11-20)17-8-6-16(7-9-17)18(23)21-14-15-4-2-1-3-5-15/h1-9H,10-14H2,(H,21,23). The molecular formula is C18H20Cl2N2O. The molecule has 0 heterocycles. The van der Waals surface area contributed by atoms with Crippen LogP contribution in [0.2, 0.25) is 0 Å². The van der Waals surface area contributed by atoms with Gasteiger partial charge in [-0.1, -0.05) is 30.3 Å². The van der Waals surface area contributed by atoms with Gasteiger partial charge in [0.1, 0.15) is 0 Å². The van der Waals surface area contributed by atoms with Crippen LogP contribution in [0.25, 0.3) is 0 Å². The molecule has 3 nitrogen and oxygen atoms in total. The summed E-state index contributed by atoms with van der Waals surface area (Å²) >= 11 is 11.6. The summed E-state index contributed by atoms with van der Waals surface area (Å²) in [6.07, 6.45) is 0. The first kappa shape index (κ1) is 17.6. The summed E-state index contributed by atoms with van der Waals surface area (Å²) in [6, 6.07) is 17.3. The van der Waals surface area contributed by atoms with Crippen molar-refractivity contribution in [3.63, 3.8) is 0 Å². The Morgan fingerprint density at radius 3 is 2.09 bits per heavy atom. The molecule has 5 heteroatoms. The number of halogens is 2. The molecule has 0 saturated carbocycles. The predicted molar refractivity (Wildman–Crippen MR) is 97.7 cm³/mol. The maximum atomic E-state index is 12.2. The molecule has 2 aromatic rings. The van der Waals surface area contributed by atoms with Gasteiger partial charge in [0, 0.05) is 42.6 Å². The van der Waals surface area contributed by atoms with Crippen molar-refractivity contribution in [1.29, 1.82) is 0 Å². The molecule has 1 amide bonds. The second kappa shape index (κ2) is 9.43. The first-order valence-electron chi connectivity index (χ1n) is 7.53. The molecule has 0 atom stereocenters. The molecule has 0 fully saturated rings. The third kappa shape index (κ3) is 5.45. The third-order valence-corrected chi connectivity index (χ3v) is 3.84. The van der Waals surface area contributed by atoms with Crippen LogP contribution in [0.5, 0.6) is 0 Å². The molecule has 0 aliphatic carbocycles. The molecule has 2 aromatic carbocycles. The molecule has 0 aromatic heterocycles. The van der Waals surface area contributed by atoms with Crippen molar-refractivity contribution in [2.45, 2.75) is 6.54 Å². The van der Waals surface area contributed by atoms with Gasteiger partial charge >= 0.3 is 0 Å². The van der Waals surface area contributed by atoms with Gasteiger partial charge in [-0.05, 0) is 29.8 Å². The van der Waals surface area contributed by atoms with Gasteiger partial charge < -0.3 is 10.2 Å². The van der Waals surface area contributed by atoms with Crippen LogP contribution in [0.15, 0.2) is 54.6 Å². The Kier molecular flexibility index (Phi) is 7.24. The molecular weight excluding hydrogens is 331 g/mol. The van der Waals surface area contributed by atoms with Crippen LogP contribution < -0.4 is 10.2 Å². The minimum atomic E-state index is -0.0818. The summed E-state index contributed by atoms with van der Waals surface area (Å²) in [5, 5.41) is 2.92. The van der Waals surface area contributed by atoms with E-state index in [1.165, 1.54) is 0 Å². The number of nitrogens with zero attached hydrogens (tertiary/aromatic N) is 1. The van der Waals surface area contributed by atoms with Gasteiger partial charge in [0.05, 0.1) is 0 Å². The molecule has 0 bridgehead atoms. The van der Waals surface area contributed by atoms with E-state index < -0.39 is 0 Å². The third-order valence-electron chi connectivity index (χ3n) is 3.50. The van der Waals surface area contributed by atoms with E-state index in [0.29, 0.717) is 23.9 Å². The smallest absolute Gasteiger partial charge is 0.251 e. The number of nitrogens with one attached hydrogen (secondary N) is 1. The number of benzene rings is 2.